The highest BCUT2D eigenvalue weighted by molar-refractivity contribution is 8.45. The molecule has 3 heterocycles. The van der Waals surface area contributed by atoms with Crippen LogP contribution < -0.4 is 9.47 Å². The maximum Gasteiger partial charge on any atom is 0.134 e. The number of fused-ring (bicyclic) bond motifs is 4. The molecule has 0 bridgehead atoms. The molecule has 10 heteroatoms. The van der Waals surface area contributed by atoms with Crippen molar-refractivity contribution in [2.45, 2.75) is 0 Å². The molecule has 3 aliphatic heterocycles. The van der Waals surface area contributed by atoms with Crippen LogP contribution in [-0.4, -0.2) is 36.2 Å². The van der Waals surface area contributed by atoms with Crippen LogP contribution >= 0.6 is 94.1 Å². The summed E-state index contributed by atoms with van der Waals surface area (Å²) in [6, 6.07) is 38.7. The van der Waals surface area contributed by atoms with Gasteiger partial charge in [-0.15, -0.1) is 47.0 Å². The molecule has 0 N–H and O–H groups in total. The van der Waals surface area contributed by atoms with Gasteiger partial charge in [-0.25, -0.2) is 0 Å². The van der Waals surface area contributed by atoms with Crippen molar-refractivity contribution in [2.24, 2.45) is 0 Å². The quantitative estimate of drug-likeness (QED) is 0.0981. The topological polar surface area (TPSA) is 18.5 Å². The van der Waals surface area contributed by atoms with E-state index in [9.17, 15) is 0 Å². The maximum absolute atomic E-state index is 6.62. The standard InChI is InChI=1S/C40H30O2S8/c1-5-13-29-25(9-1)23-26-10-2-6-14-30(26)33(29)41-17-19-43-35-36(48-39(47-35)40-49-37-38(50-40)46-22-21-45-37)44-20-18-42-34-31-15-7-3-11-27(31)24-28-12-4-8-16-32(28)34/h1-16,23-24H,17-22H2. The molecule has 0 radical (unpaired) electrons. The van der Waals surface area contributed by atoms with E-state index in [1.165, 1.54) is 80.0 Å². The Bertz CT molecular complexity index is 2100. The van der Waals surface area contributed by atoms with Crippen LogP contribution in [0.2, 0.25) is 0 Å². The molecule has 50 heavy (non-hydrogen) atoms. The lowest BCUT2D eigenvalue weighted by atomic mass is 10.0. The van der Waals surface area contributed by atoms with Crippen LogP contribution in [0.3, 0.4) is 0 Å². The van der Waals surface area contributed by atoms with Gasteiger partial charge in [-0.3, -0.25) is 0 Å². The molecule has 3 aliphatic rings. The molecule has 6 aromatic rings. The first kappa shape index (κ1) is 33.8. The summed E-state index contributed by atoms with van der Waals surface area (Å²) in [5.74, 6) is 6.15. The summed E-state index contributed by atoms with van der Waals surface area (Å²) in [5, 5.41) is 9.55. The third-order valence-electron chi connectivity index (χ3n) is 8.36. The van der Waals surface area contributed by atoms with Crippen LogP contribution in [0, 0.1) is 0 Å². The SMILES string of the molecule is c1ccc2c(OCCSC3=C(SCCOc4c5ccccc5cc5ccccc45)SC(=C4SC5=C(SCCS5)S4)S3)c3ccccc3cc2c1. The molecule has 0 saturated carbocycles. The van der Waals surface area contributed by atoms with Crippen molar-refractivity contribution in [1.82, 2.24) is 0 Å². The number of hydrogen-bond acceptors (Lipinski definition) is 10. The third-order valence-corrected chi connectivity index (χ3v) is 20.1. The van der Waals surface area contributed by atoms with E-state index in [1.54, 1.807) is 0 Å². The molecule has 0 spiro atoms. The number of hydrogen-bond donors (Lipinski definition) is 0. The van der Waals surface area contributed by atoms with Crippen LogP contribution in [0.4, 0.5) is 0 Å². The minimum Gasteiger partial charge on any atom is -0.491 e. The van der Waals surface area contributed by atoms with Crippen molar-refractivity contribution >= 4 is 137 Å². The Hall–Kier alpha value is -2.02. The van der Waals surface area contributed by atoms with Crippen molar-refractivity contribution in [1.29, 1.82) is 0 Å². The van der Waals surface area contributed by atoms with E-state index in [-0.39, 0.29) is 0 Å². The average molecular weight is 799 g/mol. The molecule has 0 atom stereocenters. The molecule has 0 unspecified atom stereocenters. The monoisotopic (exact) mass is 798 g/mol. The highest BCUT2D eigenvalue weighted by Crippen LogP contribution is 2.67. The maximum atomic E-state index is 6.62. The molecule has 9 rings (SSSR count). The first-order valence-corrected chi connectivity index (χ1v) is 23.5. The van der Waals surface area contributed by atoms with Gasteiger partial charge < -0.3 is 9.47 Å². The molecule has 0 fully saturated rings. The van der Waals surface area contributed by atoms with Gasteiger partial charge in [0.15, 0.2) is 0 Å². The Morgan fingerprint density at radius 2 is 0.800 bits per heavy atom. The van der Waals surface area contributed by atoms with Crippen LogP contribution in [0.15, 0.2) is 135 Å². The molecular weight excluding hydrogens is 769 g/mol. The van der Waals surface area contributed by atoms with Gasteiger partial charge in [-0.1, -0.05) is 144 Å². The fourth-order valence-corrected chi connectivity index (χ4v) is 18.0. The van der Waals surface area contributed by atoms with Gasteiger partial charge in [0.25, 0.3) is 0 Å². The summed E-state index contributed by atoms with van der Waals surface area (Å²) < 4.78 is 21.9. The van der Waals surface area contributed by atoms with Crippen molar-refractivity contribution in [3.8, 4) is 11.5 Å². The van der Waals surface area contributed by atoms with Crippen molar-refractivity contribution in [3.05, 3.63) is 135 Å². The minimum absolute atomic E-state index is 0.644. The lowest BCUT2D eigenvalue weighted by molar-refractivity contribution is 0.352. The molecule has 6 aromatic carbocycles. The van der Waals surface area contributed by atoms with E-state index in [1.807, 2.05) is 94.1 Å². The molecule has 2 nitrogen and oxygen atoms in total. The zero-order valence-electron chi connectivity index (χ0n) is 26.7. The summed E-state index contributed by atoms with van der Waals surface area (Å²) in [4.78, 5) is 0. The lowest BCUT2D eigenvalue weighted by Gasteiger charge is -2.14. The van der Waals surface area contributed by atoms with Gasteiger partial charge in [0.05, 0.1) is 38.6 Å². The second-order valence-corrected chi connectivity index (χ2v) is 21.6. The first-order chi connectivity index (χ1) is 24.8. The number of benzene rings is 6. The predicted octanol–water partition coefficient (Wildman–Crippen LogP) is 14.0. The summed E-state index contributed by atoms with van der Waals surface area (Å²) in [7, 11) is 0. The fraction of sp³-hybridized carbons (Fsp3) is 0.150. The van der Waals surface area contributed by atoms with E-state index < -0.39 is 0 Å². The van der Waals surface area contributed by atoms with E-state index in [2.05, 4.69) is 109 Å². The molecule has 0 amide bonds. The normalized spacial score (nSPS) is 16.4. The predicted molar refractivity (Wildman–Crippen MR) is 235 cm³/mol. The van der Waals surface area contributed by atoms with Gasteiger partial charge in [0.1, 0.15) is 11.5 Å². The fourth-order valence-electron chi connectivity index (χ4n) is 6.15. The van der Waals surface area contributed by atoms with E-state index in [0.29, 0.717) is 13.2 Å². The number of ether oxygens (including phenoxy) is 2. The van der Waals surface area contributed by atoms with E-state index in [0.717, 1.165) is 23.0 Å². The van der Waals surface area contributed by atoms with Gasteiger partial charge in [-0.05, 0) is 33.7 Å². The first-order valence-electron chi connectivity index (χ1n) is 16.3. The summed E-state index contributed by atoms with van der Waals surface area (Å²) in [6.07, 6.45) is 0. The van der Waals surface area contributed by atoms with Gasteiger partial charge in [-0.2, -0.15) is 0 Å². The Kier molecular flexibility index (Phi) is 10.5. The number of thioether (sulfide) groups is 8. The van der Waals surface area contributed by atoms with Gasteiger partial charge in [0.2, 0.25) is 0 Å². The van der Waals surface area contributed by atoms with E-state index >= 15 is 0 Å². The second-order valence-electron chi connectivity index (χ2n) is 11.5. The summed E-state index contributed by atoms with van der Waals surface area (Å²) in [5.41, 5.74) is 0. The van der Waals surface area contributed by atoms with Crippen LogP contribution in [-0.2, 0) is 0 Å². The largest absolute Gasteiger partial charge is 0.491 e. The summed E-state index contributed by atoms with van der Waals surface area (Å²) >= 11 is 15.8. The third kappa shape index (κ3) is 7.04. The Morgan fingerprint density at radius 3 is 1.20 bits per heavy atom. The van der Waals surface area contributed by atoms with Crippen LogP contribution in [0.1, 0.15) is 0 Å². The molecule has 0 aliphatic carbocycles. The van der Waals surface area contributed by atoms with Crippen LogP contribution in [0.5, 0.6) is 11.5 Å². The average Bonchev–Trinajstić information content (AvgIpc) is 3.78. The van der Waals surface area contributed by atoms with Gasteiger partial charge in [0, 0.05) is 44.6 Å². The Labute approximate surface area is 326 Å². The molecule has 250 valence electrons. The van der Waals surface area contributed by atoms with E-state index in [4.69, 9.17) is 9.47 Å². The summed E-state index contributed by atoms with van der Waals surface area (Å²) in [6.45, 7) is 1.29. The molecular formula is C40H30O2S8. The van der Waals surface area contributed by atoms with Crippen LogP contribution in [0.25, 0.3) is 43.1 Å². The Balaban J connectivity index is 0.917. The zero-order valence-corrected chi connectivity index (χ0v) is 33.2. The van der Waals surface area contributed by atoms with Gasteiger partial charge >= 0.3 is 0 Å². The highest BCUT2D eigenvalue weighted by atomic mass is 32.3. The van der Waals surface area contributed by atoms with Crippen molar-refractivity contribution in [2.75, 3.05) is 36.2 Å². The smallest absolute Gasteiger partial charge is 0.134 e. The Morgan fingerprint density at radius 1 is 0.440 bits per heavy atom. The molecule has 0 aromatic heterocycles. The zero-order chi connectivity index (χ0) is 33.3. The second kappa shape index (κ2) is 15.5. The minimum atomic E-state index is 0.644. The van der Waals surface area contributed by atoms with Crippen molar-refractivity contribution in [3.63, 3.8) is 0 Å². The highest BCUT2D eigenvalue weighted by Gasteiger charge is 2.32. The van der Waals surface area contributed by atoms with Crippen molar-refractivity contribution < 1.29 is 9.47 Å². The number of rotatable bonds is 10. The molecule has 0 saturated heterocycles. The lowest BCUT2D eigenvalue weighted by Crippen LogP contribution is -2.02.